The number of hydrogen-bond donors (Lipinski definition) is 1. The summed E-state index contributed by atoms with van der Waals surface area (Å²) < 4.78 is 16.5. The van der Waals surface area contributed by atoms with E-state index < -0.39 is 5.60 Å². The molecule has 4 atom stereocenters. The molecule has 3 fully saturated rings. The molecule has 3 aliphatic heterocycles. The topological polar surface area (TPSA) is 68.2 Å². The second kappa shape index (κ2) is 8.39. The van der Waals surface area contributed by atoms with Crippen LogP contribution in [-0.2, 0) is 20.7 Å². The Hall–Kier alpha value is -1.63. The molecule has 3 aliphatic rings. The summed E-state index contributed by atoms with van der Waals surface area (Å²) in [6.45, 7) is 2.90. The van der Waals surface area contributed by atoms with Gasteiger partial charge in [0, 0.05) is 50.5 Å². The van der Waals surface area contributed by atoms with E-state index in [-0.39, 0.29) is 23.8 Å². The Morgan fingerprint density at radius 3 is 2.82 bits per heavy atom. The first-order chi connectivity index (χ1) is 13.6. The molecule has 0 spiro atoms. The first kappa shape index (κ1) is 19.7. The van der Waals surface area contributed by atoms with Crippen molar-refractivity contribution in [3.05, 3.63) is 29.8 Å². The van der Waals surface area contributed by atoms with Crippen molar-refractivity contribution < 1.29 is 24.1 Å². The number of aryl methyl sites for hydroxylation is 1. The highest BCUT2D eigenvalue weighted by Gasteiger charge is 2.56. The van der Waals surface area contributed by atoms with Crippen LogP contribution < -0.4 is 4.74 Å². The molecular formula is C22H31NO5. The summed E-state index contributed by atoms with van der Waals surface area (Å²) in [6, 6.07) is 8.11. The maximum Gasteiger partial charge on any atom is 0.222 e. The molecule has 1 N–H and O–H groups in total. The monoisotopic (exact) mass is 389 g/mol. The Bertz CT molecular complexity index is 678. The fraction of sp³-hybridized carbons (Fsp3) is 0.682. The van der Waals surface area contributed by atoms with Crippen LogP contribution in [0.3, 0.4) is 0 Å². The first-order valence-corrected chi connectivity index (χ1v) is 10.4. The van der Waals surface area contributed by atoms with Gasteiger partial charge in [-0.25, -0.2) is 0 Å². The molecule has 4 rings (SSSR count). The second-order valence-electron chi connectivity index (χ2n) is 8.30. The van der Waals surface area contributed by atoms with Crippen molar-refractivity contribution in [1.29, 1.82) is 0 Å². The number of likely N-dealkylation sites (tertiary alicyclic amines) is 1. The lowest BCUT2D eigenvalue weighted by molar-refractivity contribution is -0.219. The number of methoxy groups -OCH3 is 1. The lowest BCUT2D eigenvalue weighted by atomic mass is 9.66. The molecule has 0 radical (unpaired) electrons. The van der Waals surface area contributed by atoms with Crippen molar-refractivity contribution in [3.8, 4) is 5.75 Å². The molecule has 154 valence electrons. The zero-order valence-electron chi connectivity index (χ0n) is 16.6. The Balaban J connectivity index is 1.38. The molecule has 6 nitrogen and oxygen atoms in total. The van der Waals surface area contributed by atoms with E-state index in [2.05, 4.69) is 12.1 Å². The standard InChI is InChI=1S/C22H31NO5/c1-26-18-7-5-16(6-8-18)3-2-4-21(24)23-13-17-14-28-12-10-22(17,25)19-15-27-11-9-20(19)23/h5-8,17,19-20,25H,2-4,9-15H2,1H3/t17-,19+,20-,22-/m0/s1. The number of hydrogen-bond acceptors (Lipinski definition) is 5. The summed E-state index contributed by atoms with van der Waals surface area (Å²) in [5.41, 5.74) is 0.453. The van der Waals surface area contributed by atoms with Crippen molar-refractivity contribution in [2.45, 2.75) is 43.7 Å². The van der Waals surface area contributed by atoms with Gasteiger partial charge in [-0.1, -0.05) is 12.1 Å². The number of rotatable bonds is 5. The summed E-state index contributed by atoms with van der Waals surface area (Å²) in [5, 5.41) is 11.3. The van der Waals surface area contributed by atoms with Crippen LogP contribution in [0.15, 0.2) is 24.3 Å². The van der Waals surface area contributed by atoms with E-state index in [0.717, 1.165) is 25.0 Å². The smallest absolute Gasteiger partial charge is 0.222 e. The largest absolute Gasteiger partial charge is 0.497 e. The molecule has 1 amide bonds. The highest BCUT2D eigenvalue weighted by Crippen LogP contribution is 2.44. The number of fused-ring (bicyclic) bond motifs is 3. The average molecular weight is 389 g/mol. The Labute approximate surface area is 166 Å². The predicted molar refractivity (Wildman–Crippen MR) is 104 cm³/mol. The fourth-order valence-electron chi connectivity index (χ4n) is 5.12. The van der Waals surface area contributed by atoms with Gasteiger partial charge in [0.2, 0.25) is 5.91 Å². The number of amides is 1. The molecule has 28 heavy (non-hydrogen) atoms. The Morgan fingerprint density at radius 2 is 2.04 bits per heavy atom. The SMILES string of the molecule is COc1ccc(CCCC(=O)N2C[C@H]3COCC[C@@]3(O)[C@@H]3COCC[C@@H]32)cc1. The maximum atomic E-state index is 13.1. The quantitative estimate of drug-likeness (QED) is 0.835. The van der Waals surface area contributed by atoms with E-state index in [0.29, 0.717) is 45.8 Å². The van der Waals surface area contributed by atoms with E-state index in [4.69, 9.17) is 14.2 Å². The van der Waals surface area contributed by atoms with E-state index in [1.54, 1.807) is 7.11 Å². The van der Waals surface area contributed by atoms with Gasteiger partial charge in [0.1, 0.15) is 5.75 Å². The minimum Gasteiger partial charge on any atom is -0.497 e. The number of carbonyl (C=O) groups is 1. The van der Waals surface area contributed by atoms with Crippen LogP contribution in [0.5, 0.6) is 5.75 Å². The zero-order valence-corrected chi connectivity index (χ0v) is 16.6. The molecule has 1 aromatic rings. The molecule has 0 bridgehead atoms. The summed E-state index contributed by atoms with van der Waals surface area (Å²) in [5.74, 6) is 1.02. The molecular weight excluding hydrogens is 358 g/mol. The van der Waals surface area contributed by atoms with Gasteiger partial charge in [-0.3, -0.25) is 4.79 Å². The van der Waals surface area contributed by atoms with Crippen molar-refractivity contribution >= 4 is 5.91 Å². The number of nitrogens with zero attached hydrogens (tertiary/aromatic N) is 1. The van der Waals surface area contributed by atoms with Gasteiger partial charge in [-0.05, 0) is 37.0 Å². The maximum absolute atomic E-state index is 13.1. The highest BCUT2D eigenvalue weighted by atomic mass is 16.5. The zero-order chi connectivity index (χ0) is 19.6. The molecule has 6 heteroatoms. The summed E-state index contributed by atoms with van der Waals surface area (Å²) in [7, 11) is 1.66. The predicted octanol–water partition coefficient (Wildman–Crippen LogP) is 2.03. The average Bonchev–Trinajstić information content (AvgIpc) is 2.73. The lowest BCUT2D eigenvalue weighted by Crippen LogP contribution is -2.68. The van der Waals surface area contributed by atoms with Crippen molar-refractivity contribution in [2.24, 2.45) is 11.8 Å². The fourth-order valence-corrected chi connectivity index (χ4v) is 5.12. The lowest BCUT2D eigenvalue weighted by Gasteiger charge is -2.57. The third kappa shape index (κ3) is 3.78. The van der Waals surface area contributed by atoms with Crippen LogP contribution in [-0.4, -0.2) is 67.6 Å². The Morgan fingerprint density at radius 1 is 1.25 bits per heavy atom. The number of carbonyl (C=O) groups excluding carboxylic acids is 1. The molecule has 0 unspecified atom stereocenters. The van der Waals surface area contributed by atoms with Gasteiger partial charge in [-0.15, -0.1) is 0 Å². The van der Waals surface area contributed by atoms with Gasteiger partial charge < -0.3 is 24.2 Å². The van der Waals surface area contributed by atoms with Crippen LogP contribution in [0, 0.1) is 11.8 Å². The molecule has 3 saturated heterocycles. The number of benzene rings is 1. The first-order valence-electron chi connectivity index (χ1n) is 10.4. The van der Waals surface area contributed by atoms with Gasteiger partial charge in [-0.2, -0.15) is 0 Å². The van der Waals surface area contributed by atoms with Crippen molar-refractivity contribution in [3.63, 3.8) is 0 Å². The normalized spacial score (nSPS) is 32.4. The highest BCUT2D eigenvalue weighted by molar-refractivity contribution is 5.77. The summed E-state index contributed by atoms with van der Waals surface area (Å²) in [6.07, 6.45) is 3.67. The molecule has 0 aromatic heterocycles. The van der Waals surface area contributed by atoms with Crippen LogP contribution in [0.2, 0.25) is 0 Å². The second-order valence-corrected chi connectivity index (χ2v) is 8.30. The van der Waals surface area contributed by atoms with E-state index in [1.807, 2.05) is 17.0 Å². The minimum atomic E-state index is -0.761. The van der Waals surface area contributed by atoms with Gasteiger partial charge in [0.05, 0.1) is 25.9 Å². The van der Waals surface area contributed by atoms with E-state index in [9.17, 15) is 9.90 Å². The molecule has 0 saturated carbocycles. The van der Waals surface area contributed by atoms with Crippen molar-refractivity contribution in [2.75, 3.05) is 40.1 Å². The summed E-state index contributed by atoms with van der Waals surface area (Å²) in [4.78, 5) is 15.1. The van der Waals surface area contributed by atoms with Crippen LogP contribution >= 0.6 is 0 Å². The summed E-state index contributed by atoms with van der Waals surface area (Å²) >= 11 is 0. The van der Waals surface area contributed by atoms with Crippen LogP contribution in [0.4, 0.5) is 0 Å². The molecule has 3 heterocycles. The number of ether oxygens (including phenoxy) is 3. The molecule has 0 aliphatic carbocycles. The van der Waals surface area contributed by atoms with Gasteiger partial charge >= 0.3 is 0 Å². The molecule has 1 aromatic carbocycles. The Kier molecular flexibility index (Phi) is 5.90. The van der Waals surface area contributed by atoms with Crippen LogP contribution in [0.25, 0.3) is 0 Å². The van der Waals surface area contributed by atoms with Gasteiger partial charge in [0.15, 0.2) is 0 Å². The van der Waals surface area contributed by atoms with Crippen molar-refractivity contribution in [1.82, 2.24) is 4.90 Å². The number of aliphatic hydroxyl groups is 1. The van der Waals surface area contributed by atoms with E-state index in [1.165, 1.54) is 5.56 Å². The third-order valence-electron chi connectivity index (χ3n) is 6.79. The van der Waals surface area contributed by atoms with E-state index >= 15 is 0 Å². The van der Waals surface area contributed by atoms with Crippen LogP contribution in [0.1, 0.15) is 31.2 Å². The van der Waals surface area contributed by atoms with Gasteiger partial charge in [0.25, 0.3) is 0 Å². The third-order valence-corrected chi connectivity index (χ3v) is 6.79. The number of piperidine rings is 1. The minimum absolute atomic E-state index is 0.00515.